The summed E-state index contributed by atoms with van der Waals surface area (Å²) >= 11 is 0. The topological polar surface area (TPSA) is 91.3 Å². The second-order valence-electron chi connectivity index (χ2n) is 3.88. The van der Waals surface area contributed by atoms with Crippen LogP contribution in [0.15, 0.2) is 12.3 Å². The zero-order chi connectivity index (χ0) is 13.3. The predicted molar refractivity (Wildman–Crippen MR) is 56.0 cm³/mol. The smallest absolute Gasteiger partial charge is 0.459 e. The highest BCUT2D eigenvalue weighted by Crippen LogP contribution is 2.06. The molecular weight excluding hydrogens is 232 g/mol. The Morgan fingerprint density at radius 2 is 1.76 bits per heavy atom. The van der Waals surface area contributed by atoms with Crippen LogP contribution in [0.25, 0.3) is 0 Å². The van der Waals surface area contributed by atoms with Crippen molar-refractivity contribution in [1.82, 2.24) is 0 Å². The number of carbonyl (C=O) groups excluding carboxylic acids is 1. The molecule has 0 aromatic heterocycles. The Labute approximate surface area is 98.8 Å². The molecule has 0 spiro atoms. The molecule has 0 aromatic rings. The minimum atomic E-state index is -1.42. The van der Waals surface area contributed by atoms with Crippen molar-refractivity contribution in [2.24, 2.45) is 0 Å². The molecular formula is C10H16O7. The lowest BCUT2D eigenvalue weighted by Crippen LogP contribution is -2.17. The van der Waals surface area contributed by atoms with Gasteiger partial charge in [-0.15, -0.1) is 0 Å². The maximum absolute atomic E-state index is 11.0. The SMILES string of the molecule is CC(C)(C)OOC=CC(=O)OCCOC(=O)O. The van der Waals surface area contributed by atoms with E-state index in [-0.39, 0.29) is 13.2 Å². The maximum Gasteiger partial charge on any atom is 0.505 e. The van der Waals surface area contributed by atoms with Crippen molar-refractivity contribution in [2.45, 2.75) is 26.4 Å². The van der Waals surface area contributed by atoms with Crippen molar-refractivity contribution in [3.63, 3.8) is 0 Å². The highest BCUT2D eigenvalue weighted by molar-refractivity contribution is 5.81. The number of hydrogen-bond acceptors (Lipinski definition) is 6. The Hall–Kier alpha value is -1.76. The molecule has 0 unspecified atom stereocenters. The van der Waals surface area contributed by atoms with Crippen LogP contribution in [-0.4, -0.2) is 36.0 Å². The van der Waals surface area contributed by atoms with Gasteiger partial charge >= 0.3 is 12.1 Å². The maximum atomic E-state index is 11.0. The van der Waals surface area contributed by atoms with E-state index in [9.17, 15) is 9.59 Å². The van der Waals surface area contributed by atoms with Crippen LogP contribution in [-0.2, 0) is 24.0 Å². The first-order chi connectivity index (χ1) is 7.81. The summed E-state index contributed by atoms with van der Waals surface area (Å²) in [5, 5.41) is 8.12. The lowest BCUT2D eigenvalue weighted by Gasteiger charge is -2.15. The molecule has 0 amide bonds. The van der Waals surface area contributed by atoms with Crippen LogP contribution < -0.4 is 0 Å². The molecule has 17 heavy (non-hydrogen) atoms. The van der Waals surface area contributed by atoms with Crippen molar-refractivity contribution < 1.29 is 33.9 Å². The van der Waals surface area contributed by atoms with Gasteiger partial charge in [0.1, 0.15) is 25.1 Å². The summed E-state index contributed by atoms with van der Waals surface area (Å²) in [6.45, 7) is 4.97. The normalized spacial score (nSPS) is 11.2. The molecule has 0 saturated carbocycles. The monoisotopic (exact) mass is 248 g/mol. The van der Waals surface area contributed by atoms with Gasteiger partial charge in [-0.1, -0.05) is 0 Å². The zero-order valence-electron chi connectivity index (χ0n) is 9.97. The zero-order valence-corrected chi connectivity index (χ0v) is 9.97. The molecule has 0 heterocycles. The lowest BCUT2D eigenvalue weighted by molar-refractivity contribution is -0.310. The second kappa shape index (κ2) is 7.50. The first-order valence-corrected chi connectivity index (χ1v) is 4.85. The fourth-order valence-electron chi connectivity index (χ4n) is 0.575. The van der Waals surface area contributed by atoms with Gasteiger partial charge in [0.05, 0.1) is 6.08 Å². The lowest BCUT2D eigenvalue weighted by atomic mass is 10.2. The van der Waals surface area contributed by atoms with Gasteiger partial charge in [0.15, 0.2) is 0 Å². The number of rotatable bonds is 6. The van der Waals surface area contributed by atoms with Gasteiger partial charge in [-0.2, -0.15) is 4.89 Å². The summed E-state index contributed by atoms with van der Waals surface area (Å²) in [6, 6.07) is 0. The Bertz CT molecular complexity index is 277. The Balaban J connectivity index is 3.58. The third-order valence-electron chi connectivity index (χ3n) is 1.11. The first kappa shape index (κ1) is 15.2. The molecule has 0 aliphatic carbocycles. The van der Waals surface area contributed by atoms with E-state index >= 15 is 0 Å². The second-order valence-corrected chi connectivity index (χ2v) is 3.88. The summed E-state index contributed by atoms with van der Waals surface area (Å²) in [6.07, 6.45) is 0.622. The number of ether oxygens (including phenoxy) is 2. The molecule has 0 atom stereocenters. The van der Waals surface area contributed by atoms with Crippen molar-refractivity contribution in [3.8, 4) is 0 Å². The minimum absolute atomic E-state index is 0.157. The summed E-state index contributed by atoms with van der Waals surface area (Å²) in [4.78, 5) is 30.3. The molecule has 0 aromatic carbocycles. The van der Waals surface area contributed by atoms with Crippen LogP contribution in [0.4, 0.5) is 4.79 Å². The highest BCUT2D eigenvalue weighted by Gasteiger charge is 2.10. The molecule has 0 saturated heterocycles. The summed E-state index contributed by atoms with van der Waals surface area (Å²) in [7, 11) is 0. The third kappa shape index (κ3) is 12.2. The van der Waals surface area contributed by atoms with E-state index in [1.54, 1.807) is 20.8 Å². The van der Waals surface area contributed by atoms with E-state index in [0.29, 0.717) is 0 Å². The van der Waals surface area contributed by atoms with Gasteiger partial charge in [-0.25, -0.2) is 9.59 Å². The molecule has 0 radical (unpaired) electrons. The van der Waals surface area contributed by atoms with Crippen LogP contribution >= 0.6 is 0 Å². The van der Waals surface area contributed by atoms with Gasteiger partial charge in [0.25, 0.3) is 0 Å². The number of carbonyl (C=O) groups is 2. The third-order valence-corrected chi connectivity index (χ3v) is 1.11. The molecule has 7 nitrogen and oxygen atoms in total. The number of carboxylic acid groups (broad SMARTS) is 1. The molecule has 7 heteroatoms. The molecule has 0 aliphatic rings. The van der Waals surface area contributed by atoms with Gasteiger partial charge in [0, 0.05) is 0 Å². The van der Waals surface area contributed by atoms with Gasteiger partial charge in [-0.05, 0) is 20.8 Å². The predicted octanol–water partition coefficient (Wildman–Crippen LogP) is 1.48. The van der Waals surface area contributed by atoms with Crippen molar-refractivity contribution in [2.75, 3.05) is 13.2 Å². The average molecular weight is 248 g/mol. The van der Waals surface area contributed by atoms with Crippen LogP contribution in [0, 0.1) is 0 Å². The molecule has 0 rings (SSSR count). The van der Waals surface area contributed by atoms with Crippen molar-refractivity contribution in [1.29, 1.82) is 0 Å². The van der Waals surface area contributed by atoms with E-state index in [4.69, 9.17) is 9.99 Å². The number of esters is 1. The minimum Gasteiger partial charge on any atom is -0.459 e. The van der Waals surface area contributed by atoms with E-state index in [0.717, 1.165) is 12.3 Å². The van der Waals surface area contributed by atoms with Gasteiger partial charge < -0.3 is 19.5 Å². The van der Waals surface area contributed by atoms with Crippen LogP contribution in [0.5, 0.6) is 0 Å². The highest BCUT2D eigenvalue weighted by atomic mass is 17.2. The van der Waals surface area contributed by atoms with Crippen LogP contribution in [0.3, 0.4) is 0 Å². The Morgan fingerprint density at radius 1 is 1.18 bits per heavy atom. The number of hydrogen-bond donors (Lipinski definition) is 1. The molecule has 0 bridgehead atoms. The standard InChI is InChI=1S/C10H16O7/c1-10(2,3)17-16-5-4-8(11)14-6-7-15-9(12)13/h4-5H,6-7H2,1-3H3,(H,12,13). The fraction of sp³-hybridized carbons (Fsp3) is 0.600. The Morgan fingerprint density at radius 3 is 2.29 bits per heavy atom. The fourth-order valence-corrected chi connectivity index (χ4v) is 0.575. The summed E-state index contributed by atoms with van der Waals surface area (Å²) < 4.78 is 8.70. The van der Waals surface area contributed by atoms with E-state index in [1.165, 1.54) is 0 Å². The molecule has 1 N–H and O–H groups in total. The quantitative estimate of drug-likeness (QED) is 0.190. The van der Waals surface area contributed by atoms with E-state index < -0.39 is 17.7 Å². The van der Waals surface area contributed by atoms with Crippen molar-refractivity contribution >= 4 is 12.1 Å². The van der Waals surface area contributed by atoms with E-state index in [1.807, 2.05) is 0 Å². The molecule has 98 valence electrons. The summed E-state index contributed by atoms with van der Waals surface area (Å²) in [5.74, 6) is -0.684. The Kier molecular flexibility index (Phi) is 6.73. The van der Waals surface area contributed by atoms with Gasteiger partial charge in [-0.3, -0.25) is 0 Å². The van der Waals surface area contributed by atoms with Crippen molar-refractivity contribution in [3.05, 3.63) is 12.3 Å². The largest absolute Gasteiger partial charge is 0.505 e. The van der Waals surface area contributed by atoms with Crippen LogP contribution in [0.2, 0.25) is 0 Å². The van der Waals surface area contributed by atoms with Gasteiger partial charge in [0.2, 0.25) is 0 Å². The first-order valence-electron chi connectivity index (χ1n) is 4.85. The van der Waals surface area contributed by atoms with Crippen LogP contribution in [0.1, 0.15) is 20.8 Å². The molecule has 0 aliphatic heterocycles. The van der Waals surface area contributed by atoms with E-state index in [2.05, 4.69) is 14.4 Å². The molecule has 0 fully saturated rings. The summed E-state index contributed by atoms with van der Waals surface area (Å²) in [5.41, 5.74) is -0.483. The average Bonchev–Trinajstić information content (AvgIpc) is 2.18.